The van der Waals surface area contributed by atoms with Gasteiger partial charge >= 0.3 is 0 Å². The monoisotopic (exact) mass is 351 g/mol. The first kappa shape index (κ1) is 15.6. The molecule has 2 heterocycles. The number of halogens is 2. The Morgan fingerprint density at radius 3 is 2.61 bits per heavy atom. The molecule has 0 bridgehead atoms. The fraction of sp³-hybridized carbons (Fsp3) is 0.133. The predicted molar refractivity (Wildman–Crippen MR) is 88.3 cm³/mol. The van der Waals surface area contributed by atoms with Gasteiger partial charge in [-0.15, -0.1) is 0 Å². The van der Waals surface area contributed by atoms with Crippen LogP contribution in [-0.2, 0) is 7.05 Å². The number of rotatable bonds is 3. The second kappa shape index (κ2) is 5.72. The van der Waals surface area contributed by atoms with Crippen LogP contribution in [0.15, 0.2) is 29.1 Å². The highest BCUT2D eigenvalue weighted by atomic mass is 35.5. The quantitative estimate of drug-likeness (QED) is 0.680. The molecule has 0 aliphatic carbocycles. The van der Waals surface area contributed by atoms with E-state index in [0.29, 0.717) is 22.2 Å². The van der Waals surface area contributed by atoms with Crippen molar-refractivity contribution in [1.29, 1.82) is 0 Å². The zero-order valence-electron chi connectivity index (χ0n) is 12.2. The van der Waals surface area contributed by atoms with E-state index in [4.69, 9.17) is 27.9 Å². The molecule has 3 aromatic rings. The highest BCUT2D eigenvalue weighted by Gasteiger charge is 2.24. The Bertz CT molecular complexity index is 992. The second-order valence-electron chi connectivity index (χ2n) is 4.77. The Kier molecular flexibility index (Phi) is 3.87. The number of para-hydroxylation sites is 1. The molecule has 0 amide bonds. The van der Waals surface area contributed by atoms with Crippen molar-refractivity contribution in [2.45, 2.75) is 0 Å². The van der Waals surface area contributed by atoms with E-state index >= 15 is 0 Å². The van der Waals surface area contributed by atoms with Crippen LogP contribution in [0.1, 0.15) is 10.5 Å². The van der Waals surface area contributed by atoms with Crippen molar-refractivity contribution < 1.29 is 9.53 Å². The van der Waals surface area contributed by atoms with Gasteiger partial charge in [0.15, 0.2) is 23.4 Å². The summed E-state index contributed by atoms with van der Waals surface area (Å²) in [6, 6.07) is 7.17. The van der Waals surface area contributed by atoms with Crippen molar-refractivity contribution >= 4 is 40.4 Å². The molecule has 118 valence electrons. The lowest BCUT2D eigenvalue weighted by Crippen LogP contribution is -2.27. The van der Waals surface area contributed by atoms with Crippen LogP contribution in [0, 0.1) is 0 Å². The van der Waals surface area contributed by atoms with Gasteiger partial charge in [-0.2, -0.15) is 5.10 Å². The highest BCUT2D eigenvalue weighted by molar-refractivity contribution is 6.45. The van der Waals surface area contributed by atoms with Crippen molar-refractivity contribution in [3.63, 3.8) is 0 Å². The van der Waals surface area contributed by atoms with Gasteiger partial charge in [-0.3, -0.25) is 14.2 Å². The van der Waals surface area contributed by atoms with Gasteiger partial charge in [0.25, 0.3) is 5.56 Å². The molecule has 0 saturated heterocycles. The van der Waals surface area contributed by atoms with E-state index in [1.165, 1.54) is 18.7 Å². The summed E-state index contributed by atoms with van der Waals surface area (Å²) in [7, 11) is 2.80. The smallest absolute Gasteiger partial charge is 0.294 e. The number of methoxy groups -OCH3 is 1. The van der Waals surface area contributed by atoms with Gasteiger partial charge in [0.1, 0.15) is 5.15 Å². The number of carbonyl (C=O) groups excluding carboxylic acids is 1. The zero-order valence-corrected chi connectivity index (χ0v) is 13.7. The second-order valence-corrected chi connectivity index (χ2v) is 5.51. The van der Waals surface area contributed by atoms with E-state index in [-0.39, 0.29) is 22.3 Å². The van der Waals surface area contributed by atoms with Crippen LogP contribution >= 0.6 is 23.2 Å². The summed E-state index contributed by atoms with van der Waals surface area (Å²) in [5, 5.41) is 5.05. The highest BCUT2D eigenvalue weighted by Crippen LogP contribution is 2.38. The van der Waals surface area contributed by atoms with Crippen LogP contribution in [0.25, 0.3) is 16.6 Å². The molecule has 0 unspecified atom stereocenters. The maximum atomic E-state index is 12.6. The third kappa shape index (κ3) is 2.22. The molecule has 0 radical (unpaired) electrons. The maximum Gasteiger partial charge on any atom is 0.294 e. The zero-order chi connectivity index (χ0) is 16.7. The number of hydrogen-bond acceptors (Lipinski definition) is 4. The Labute approximate surface area is 140 Å². The molecule has 3 rings (SSSR count). The molecule has 0 aliphatic heterocycles. The summed E-state index contributed by atoms with van der Waals surface area (Å²) >= 11 is 12.6. The first-order chi connectivity index (χ1) is 11.0. The lowest BCUT2D eigenvalue weighted by molar-refractivity contribution is 0.111. The van der Waals surface area contributed by atoms with Crippen LogP contribution in [0.3, 0.4) is 0 Å². The number of hydrogen-bond donors (Lipinski definition) is 0. The molecule has 23 heavy (non-hydrogen) atoms. The first-order valence-electron chi connectivity index (χ1n) is 6.56. The van der Waals surface area contributed by atoms with Crippen molar-refractivity contribution in [3.05, 3.63) is 50.5 Å². The minimum atomic E-state index is -0.466. The van der Waals surface area contributed by atoms with Crippen LogP contribution in [0.2, 0.25) is 10.2 Å². The number of aldehydes is 1. The molecule has 0 aliphatic rings. The molecular weight excluding hydrogens is 341 g/mol. The molecule has 0 fully saturated rings. The fourth-order valence-corrected chi connectivity index (χ4v) is 3.01. The summed E-state index contributed by atoms with van der Waals surface area (Å²) in [6.45, 7) is 0. The first-order valence-corrected chi connectivity index (χ1v) is 7.32. The van der Waals surface area contributed by atoms with Crippen molar-refractivity contribution in [1.82, 2.24) is 14.3 Å². The van der Waals surface area contributed by atoms with Crippen molar-refractivity contribution in [2.75, 3.05) is 7.11 Å². The normalized spacial score (nSPS) is 11.0. The van der Waals surface area contributed by atoms with Gasteiger partial charge in [0, 0.05) is 12.4 Å². The van der Waals surface area contributed by atoms with Gasteiger partial charge in [-0.05, 0) is 6.07 Å². The Morgan fingerprint density at radius 1 is 1.26 bits per heavy atom. The number of nitrogens with zero attached hydrogens (tertiary/aromatic N) is 3. The van der Waals surface area contributed by atoms with Gasteiger partial charge in [0.05, 0.1) is 17.6 Å². The summed E-state index contributed by atoms with van der Waals surface area (Å²) in [6.07, 6.45) is 0.517. The summed E-state index contributed by atoms with van der Waals surface area (Å²) in [5.41, 5.74) is 0.238. The lowest BCUT2D eigenvalue weighted by Gasteiger charge is -2.13. The predicted octanol–water partition coefficient (Wildman–Crippen LogP) is 2.85. The van der Waals surface area contributed by atoms with Crippen LogP contribution in [-0.4, -0.2) is 27.7 Å². The number of aromatic nitrogens is 3. The van der Waals surface area contributed by atoms with Crippen LogP contribution in [0.5, 0.6) is 5.75 Å². The summed E-state index contributed by atoms with van der Waals surface area (Å²) in [5.74, 6) is 0.0439. The number of benzene rings is 1. The van der Waals surface area contributed by atoms with E-state index < -0.39 is 5.56 Å². The molecule has 0 N–H and O–H groups in total. The number of ether oxygens (including phenoxy) is 1. The maximum absolute atomic E-state index is 12.6. The molecule has 0 spiro atoms. The number of carbonyl (C=O) groups is 1. The molecule has 6 nitrogen and oxygen atoms in total. The molecule has 1 aromatic carbocycles. The molecule has 8 heteroatoms. The average molecular weight is 352 g/mol. The van der Waals surface area contributed by atoms with Gasteiger partial charge in [-0.1, -0.05) is 41.4 Å². The van der Waals surface area contributed by atoms with Crippen molar-refractivity contribution in [3.8, 4) is 11.4 Å². The minimum absolute atomic E-state index is 0.00503. The topological polar surface area (TPSA) is 66.1 Å². The summed E-state index contributed by atoms with van der Waals surface area (Å²) < 4.78 is 7.76. The molecule has 0 saturated carbocycles. The Morgan fingerprint density at radius 2 is 1.96 bits per heavy atom. The third-order valence-corrected chi connectivity index (χ3v) is 4.34. The SMILES string of the molecule is COc1c(C=O)nn(C)c(=O)c1-n1c(Cl)c(Cl)c2ccccc21. The van der Waals surface area contributed by atoms with Crippen molar-refractivity contribution in [2.24, 2.45) is 7.05 Å². The fourth-order valence-electron chi connectivity index (χ4n) is 2.49. The Hall–Kier alpha value is -2.31. The lowest BCUT2D eigenvalue weighted by atomic mass is 10.2. The van der Waals surface area contributed by atoms with E-state index in [1.807, 2.05) is 6.07 Å². The standard InChI is InChI=1S/C15H11Cl2N3O3/c1-19-15(22)12(13(23-2)9(7-21)18-19)20-10-6-4-3-5-8(10)11(16)14(20)17/h3-7H,1-2H3. The van der Waals surface area contributed by atoms with Crippen LogP contribution in [0.4, 0.5) is 0 Å². The largest absolute Gasteiger partial charge is 0.492 e. The van der Waals surface area contributed by atoms with E-state index in [2.05, 4.69) is 5.10 Å². The number of aryl methyl sites for hydroxylation is 1. The van der Waals surface area contributed by atoms with Gasteiger partial charge in [-0.25, -0.2) is 4.68 Å². The summed E-state index contributed by atoms with van der Waals surface area (Å²) in [4.78, 5) is 23.9. The Balaban J connectivity index is 2.54. The van der Waals surface area contributed by atoms with E-state index in [9.17, 15) is 9.59 Å². The van der Waals surface area contributed by atoms with Gasteiger partial charge in [0.2, 0.25) is 0 Å². The van der Waals surface area contributed by atoms with E-state index in [0.717, 1.165) is 4.68 Å². The molecule has 2 aromatic heterocycles. The van der Waals surface area contributed by atoms with Gasteiger partial charge < -0.3 is 4.74 Å². The number of fused-ring (bicyclic) bond motifs is 1. The average Bonchev–Trinajstić information content (AvgIpc) is 2.81. The van der Waals surface area contributed by atoms with E-state index in [1.54, 1.807) is 18.2 Å². The minimum Gasteiger partial charge on any atom is -0.492 e. The van der Waals surface area contributed by atoms with Crippen LogP contribution < -0.4 is 10.3 Å². The molecule has 0 atom stereocenters. The third-order valence-electron chi connectivity index (χ3n) is 3.50. The molecular formula is C15H11Cl2N3O3.